The molecule has 1 saturated heterocycles. The van der Waals surface area contributed by atoms with Crippen molar-refractivity contribution in [2.24, 2.45) is 5.92 Å². The Balaban J connectivity index is 1.43. The van der Waals surface area contributed by atoms with E-state index in [0.29, 0.717) is 32.7 Å². The molecule has 2 heterocycles. The number of anilines is 1. The molecule has 4 amide bonds. The second-order valence-corrected chi connectivity index (χ2v) is 11.5. The van der Waals surface area contributed by atoms with E-state index in [1.54, 1.807) is 18.2 Å². The average molecular weight is 608 g/mol. The molecule has 2 aliphatic rings. The Bertz CT molecular complexity index is 1360. The van der Waals surface area contributed by atoms with Gasteiger partial charge in [0.2, 0.25) is 11.8 Å². The second-order valence-electron chi connectivity index (χ2n) is 11.5. The minimum absolute atomic E-state index is 0.0252. The van der Waals surface area contributed by atoms with Crippen LogP contribution in [0.3, 0.4) is 0 Å². The zero-order valence-corrected chi connectivity index (χ0v) is 25.4. The van der Waals surface area contributed by atoms with E-state index in [-0.39, 0.29) is 42.3 Å². The highest BCUT2D eigenvalue weighted by Gasteiger charge is 2.37. The Labute approximate surface area is 257 Å². The molecule has 44 heavy (non-hydrogen) atoms. The largest absolute Gasteiger partial charge is 0.480 e. The number of aliphatic carboxylic acids is 1. The fourth-order valence-electron chi connectivity index (χ4n) is 5.51. The molecule has 2 aliphatic heterocycles. The van der Waals surface area contributed by atoms with Crippen molar-refractivity contribution in [3.63, 3.8) is 0 Å². The number of carbonyl (C=O) groups is 5. The van der Waals surface area contributed by atoms with Crippen LogP contribution in [0, 0.1) is 5.92 Å². The number of morpholine rings is 1. The van der Waals surface area contributed by atoms with Gasteiger partial charge in [0.15, 0.2) is 0 Å². The van der Waals surface area contributed by atoms with Crippen LogP contribution in [-0.4, -0.2) is 97.6 Å². The van der Waals surface area contributed by atoms with Crippen LogP contribution in [0.2, 0.25) is 0 Å². The smallest absolute Gasteiger partial charge is 0.320 e. The third-order valence-electron chi connectivity index (χ3n) is 7.86. The van der Waals surface area contributed by atoms with Gasteiger partial charge in [0, 0.05) is 38.8 Å². The molecule has 1 fully saturated rings. The van der Waals surface area contributed by atoms with Crippen LogP contribution in [-0.2, 0) is 25.5 Å². The molecular formula is C32H41N5O7. The summed E-state index contributed by atoms with van der Waals surface area (Å²) in [6, 6.07) is 11.4. The second kappa shape index (κ2) is 14.9. The van der Waals surface area contributed by atoms with Gasteiger partial charge in [0.25, 0.3) is 11.8 Å². The predicted molar refractivity (Wildman–Crippen MR) is 163 cm³/mol. The topological polar surface area (TPSA) is 157 Å². The van der Waals surface area contributed by atoms with Crippen LogP contribution in [0.1, 0.15) is 53.0 Å². The van der Waals surface area contributed by atoms with E-state index >= 15 is 0 Å². The molecule has 0 aromatic heterocycles. The molecule has 0 bridgehead atoms. The van der Waals surface area contributed by atoms with Crippen LogP contribution in [0.25, 0.3) is 0 Å². The van der Waals surface area contributed by atoms with E-state index in [0.717, 1.165) is 16.2 Å². The lowest BCUT2D eigenvalue weighted by molar-refractivity contribution is -0.140. The van der Waals surface area contributed by atoms with Gasteiger partial charge in [-0.1, -0.05) is 44.2 Å². The number of hydrogen-bond acceptors (Lipinski definition) is 8. The first-order chi connectivity index (χ1) is 21.1. The summed E-state index contributed by atoms with van der Waals surface area (Å²) >= 11 is 0. The highest BCUT2D eigenvalue weighted by Crippen LogP contribution is 2.28. The number of carboxylic acids is 1. The maximum Gasteiger partial charge on any atom is 0.320 e. The Morgan fingerprint density at radius 1 is 0.909 bits per heavy atom. The Morgan fingerprint density at radius 3 is 2.23 bits per heavy atom. The number of nitrogens with one attached hydrogen (secondary N) is 3. The van der Waals surface area contributed by atoms with Gasteiger partial charge in [0.05, 0.1) is 30.4 Å². The molecule has 4 rings (SSSR count). The third kappa shape index (κ3) is 8.00. The van der Waals surface area contributed by atoms with Crippen LogP contribution < -0.4 is 20.9 Å². The number of likely N-dealkylation sites (N-methyl/N-ethyl adjacent to an activating group) is 1. The van der Waals surface area contributed by atoms with Gasteiger partial charge in [-0.15, -0.1) is 0 Å². The number of amides is 4. The number of ether oxygens (including phenoxy) is 1. The van der Waals surface area contributed by atoms with Gasteiger partial charge in [-0.2, -0.15) is 0 Å². The molecule has 0 aliphatic carbocycles. The van der Waals surface area contributed by atoms with Gasteiger partial charge in [-0.05, 0) is 42.5 Å². The monoisotopic (exact) mass is 607 g/mol. The number of imide groups is 1. The first kappa shape index (κ1) is 32.6. The zero-order chi connectivity index (χ0) is 31.8. The molecule has 0 saturated carbocycles. The number of carbonyl (C=O) groups excluding carboxylic acids is 4. The van der Waals surface area contributed by atoms with E-state index in [2.05, 4.69) is 20.9 Å². The van der Waals surface area contributed by atoms with E-state index in [1.165, 1.54) is 7.05 Å². The predicted octanol–water partition coefficient (Wildman–Crippen LogP) is 1.44. The number of nitrogens with zero attached hydrogens (tertiary/aromatic N) is 2. The lowest BCUT2D eigenvalue weighted by Crippen LogP contribution is -2.56. The molecule has 0 unspecified atom stereocenters. The summed E-state index contributed by atoms with van der Waals surface area (Å²) in [6.07, 6.45) is 0.455. The molecule has 236 valence electrons. The summed E-state index contributed by atoms with van der Waals surface area (Å²) < 4.78 is 5.40. The lowest BCUT2D eigenvalue weighted by atomic mass is 10.00. The van der Waals surface area contributed by atoms with Gasteiger partial charge in [0.1, 0.15) is 12.1 Å². The Kier molecular flexibility index (Phi) is 11.1. The lowest BCUT2D eigenvalue weighted by Gasteiger charge is -2.29. The van der Waals surface area contributed by atoms with Crippen molar-refractivity contribution < 1.29 is 33.8 Å². The van der Waals surface area contributed by atoms with Gasteiger partial charge in [-0.25, -0.2) is 0 Å². The van der Waals surface area contributed by atoms with Gasteiger partial charge < -0.3 is 25.4 Å². The fourth-order valence-corrected chi connectivity index (χ4v) is 5.51. The first-order valence-electron chi connectivity index (χ1n) is 15.0. The molecule has 4 N–H and O–H groups in total. The summed E-state index contributed by atoms with van der Waals surface area (Å²) in [5.74, 6) is -3.03. The molecule has 2 aromatic rings. The van der Waals surface area contributed by atoms with Crippen molar-refractivity contribution in [1.82, 2.24) is 20.9 Å². The van der Waals surface area contributed by atoms with Crippen LogP contribution in [0.15, 0.2) is 48.5 Å². The number of rotatable bonds is 14. The van der Waals surface area contributed by atoms with Gasteiger partial charge in [-0.3, -0.25) is 34.2 Å². The molecular weight excluding hydrogens is 566 g/mol. The maximum atomic E-state index is 13.5. The normalized spacial score (nSPS) is 16.8. The van der Waals surface area contributed by atoms with Crippen molar-refractivity contribution in [3.8, 4) is 0 Å². The fraction of sp³-hybridized carbons (Fsp3) is 0.469. The summed E-state index contributed by atoms with van der Waals surface area (Å²) in [6.45, 7) is 6.18. The SMILES string of the molecule is CNC(=O)[C@H](Cc1ccccc1)NC(=O)[C@H](CC(C)C)N[C@H](CCN1C(=O)c2ccc(N3CCOCC3)cc2C1=O)C(=O)O. The van der Waals surface area contributed by atoms with E-state index in [1.807, 2.05) is 44.2 Å². The molecule has 0 radical (unpaired) electrons. The summed E-state index contributed by atoms with van der Waals surface area (Å²) in [7, 11) is 1.49. The number of benzene rings is 2. The van der Waals surface area contributed by atoms with Crippen LogP contribution >= 0.6 is 0 Å². The first-order valence-corrected chi connectivity index (χ1v) is 15.0. The summed E-state index contributed by atoms with van der Waals surface area (Å²) in [5.41, 5.74) is 2.25. The molecule has 12 heteroatoms. The zero-order valence-electron chi connectivity index (χ0n) is 25.4. The quantitative estimate of drug-likeness (QED) is 0.233. The highest BCUT2D eigenvalue weighted by molar-refractivity contribution is 6.21. The molecule has 12 nitrogen and oxygen atoms in total. The molecule has 3 atom stereocenters. The minimum Gasteiger partial charge on any atom is -0.480 e. The molecule has 2 aromatic carbocycles. The van der Waals surface area contributed by atoms with Crippen LogP contribution in [0.4, 0.5) is 5.69 Å². The van der Waals surface area contributed by atoms with Crippen molar-refractivity contribution in [2.75, 3.05) is 44.8 Å². The Hall–Kier alpha value is -4.29. The average Bonchev–Trinajstić information content (AvgIpc) is 3.26. The van der Waals surface area contributed by atoms with Crippen molar-refractivity contribution in [2.45, 2.75) is 51.2 Å². The number of hydrogen-bond donors (Lipinski definition) is 4. The highest BCUT2D eigenvalue weighted by atomic mass is 16.5. The number of fused-ring (bicyclic) bond motifs is 1. The number of carboxylic acid groups (broad SMARTS) is 1. The van der Waals surface area contributed by atoms with Gasteiger partial charge >= 0.3 is 5.97 Å². The van der Waals surface area contributed by atoms with Crippen molar-refractivity contribution in [1.29, 1.82) is 0 Å². The van der Waals surface area contributed by atoms with Crippen molar-refractivity contribution >= 4 is 35.3 Å². The minimum atomic E-state index is -1.23. The third-order valence-corrected chi connectivity index (χ3v) is 7.86. The van der Waals surface area contributed by atoms with E-state index in [4.69, 9.17) is 4.74 Å². The summed E-state index contributed by atoms with van der Waals surface area (Å²) in [5, 5.41) is 18.3. The molecule has 0 spiro atoms. The van der Waals surface area contributed by atoms with Crippen LogP contribution in [0.5, 0.6) is 0 Å². The summed E-state index contributed by atoms with van der Waals surface area (Å²) in [4.78, 5) is 67.9. The van der Waals surface area contributed by atoms with E-state index in [9.17, 15) is 29.1 Å². The standard InChI is InChI=1S/C32H41N5O7/c1-20(2)17-26(29(39)35-27(28(38)33-3)18-21-7-5-4-6-8-21)34-25(32(42)43)11-12-37-30(40)23-10-9-22(19-24(23)31(37)41)36-13-15-44-16-14-36/h4-10,19-20,25-27,34H,11-18H2,1-3H3,(H,33,38)(H,35,39)(H,42,43)/t25-,26+,27+/m1/s1. The van der Waals surface area contributed by atoms with Crippen molar-refractivity contribution in [3.05, 3.63) is 65.2 Å². The maximum absolute atomic E-state index is 13.5. The van der Waals surface area contributed by atoms with E-state index < -0.39 is 41.8 Å². The Morgan fingerprint density at radius 2 is 1.59 bits per heavy atom.